The molecule has 0 aromatic rings. The number of halogens is 30. The zero-order valence-corrected chi connectivity index (χ0v) is 31.0. The predicted molar refractivity (Wildman–Crippen MR) is 100 cm³/mol. The van der Waals surface area contributed by atoms with E-state index in [9.17, 15) is 152 Å². The van der Waals surface area contributed by atoms with E-state index >= 15 is 0 Å². The number of carboxylic acid groups (broad SMARTS) is 2. The summed E-state index contributed by atoms with van der Waals surface area (Å²) in [6.07, 6.45) is -91.6. The summed E-state index contributed by atoms with van der Waals surface area (Å²) in [5.74, 6) is -7.60. The van der Waals surface area contributed by atoms with Crippen LogP contribution >= 0.6 is 0 Å². The summed E-state index contributed by atoms with van der Waals surface area (Å²) in [6.45, 7) is 0. The minimum absolute atomic E-state index is 0. The normalized spacial score (nSPS) is 15.1. The van der Waals surface area contributed by atoms with Crippen molar-refractivity contribution >= 4 is 60.8 Å². The van der Waals surface area contributed by atoms with Gasteiger partial charge in [0.2, 0.25) is 0 Å². The van der Waals surface area contributed by atoms with Crippen LogP contribution in [0.2, 0.25) is 0 Å². The predicted octanol–water partition coefficient (Wildman–Crippen LogP) is 5.02. The van der Waals surface area contributed by atoms with Gasteiger partial charge >= 0.3 is 137 Å². The first-order valence-corrected chi connectivity index (χ1v) is 11.9. The molecule has 0 unspecified atom stereocenters. The second-order valence-corrected chi connectivity index (χ2v) is 8.36. The van der Waals surface area contributed by atoms with Crippen LogP contribution in [0.3, 0.4) is 0 Å². The molecule has 0 spiro atoms. The molecule has 0 aliphatic carbocycles. The first kappa shape index (κ1) is 65.2. The molecular weight excluding hydrogens is 1160 g/mol. The van der Waals surface area contributed by atoms with Gasteiger partial charge in [-0.3, -0.25) is 0 Å². The SMILES string of the molecule is O=C([O-])C(F)(F)OC(F)(F)OC(F)(F)OC(F)(F)OC(F)(F)OC(F)(F)OC(F)(F)F.O=C([O-])C(F)(F)OC(F)(F)OC(F)(F)OC(F)(F)OC(F)(F)OC(F)(F)OC(F)(F)F.[Ba+2]. The van der Waals surface area contributed by atoms with Crippen LogP contribution in [-0.2, 0) is 66.4 Å². The number of rotatable bonds is 24. The van der Waals surface area contributed by atoms with Crippen LogP contribution in [-0.4, -0.2) is 149 Å². The molecule has 0 saturated heterocycles. The average Bonchev–Trinajstić information content (AvgIpc) is 2.77. The van der Waals surface area contributed by atoms with E-state index in [2.05, 4.69) is 0 Å². The van der Waals surface area contributed by atoms with E-state index < -0.39 is 99.8 Å². The summed E-state index contributed by atoms with van der Waals surface area (Å²) in [6, 6.07) is 0. The van der Waals surface area contributed by atoms with Crippen molar-refractivity contribution in [3.8, 4) is 0 Å². The summed E-state index contributed by atoms with van der Waals surface area (Å²) in [5.41, 5.74) is 0. The van der Waals surface area contributed by atoms with E-state index in [1.165, 1.54) is 0 Å². The number of carboxylic acids is 2. The molecule has 372 valence electrons. The summed E-state index contributed by atoms with van der Waals surface area (Å²) in [4.78, 5) is 19.4. The smallest absolute Gasteiger partial charge is 0.542 e. The molecule has 0 radical (unpaired) electrons. The third-order valence-electron chi connectivity index (χ3n) is 3.34. The molecule has 0 atom stereocenters. The van der Waals surface area contributed by atoms with Gasteiger partial charge in [0.15, 0.2) is 0 Å². The minimum Gasteiger partial charge on any atom is -0.542 e. The van der Waals surface area contributed by atoms with Crippen molar-refractivity contribution in [2.45, 2.75) is 87.9 Å². The van der Waals surface area contributed by atoms with Crippen molar-refractivity contribution in [3.63, 3.8) is 0 Å². The van der Waals surface area contributed by atoms with Gasteiger partial charge in [0, 0.05) is 0 Å². The number of alkyl halides is 30. The van der Waals surface area contributed by atoms with E-state index in [0.717, 1.165) is 0 Å². The molecule has 0 aromatic heterocycles. The van der Waals surface area contributed by atoms with Crippen molar-refractivity contribution in [1.82, 2.24) is 0 Å². The Morgan fingerprint density at radius 2 is 0.349 bits per heavy atom. The minimum atomic E-state index is -6.77. The molecule has 0 saturated carbocycles. The van der Waals surface area contributed by atoms with Crippen LogP contribution in [0.4, 0.5) is 132 Å². The van der Waals surface area contributed by atoms with E-state index in [1.807, 2.05) is 9.47 Å². The van der Waals surface area contributed by atoms with E-state index in [4.69, 9.17) is 0 Å². The standard InChI is InChI=1S/2C8HF15O8.Ba/c2*9-2(10,1(24)25)26-4(14,15)28-6(18,19)30-8(22,23)31-7(20,21)29-5(16,17)27-3(11,12)13;/h2*(H,24,25);/q;;+2/p-2. The topological polar surface area (TPSA) is 191 Å². The largest absolute Gasteiger partial charge is 2.00 e. The van der Waals surface area contributed by atoms with Crippen LogP contribution in [0, 0.1) is 0 Å². The molecule has 47 heteroatoms. The van der Waals surface area contributed by atoms with Crippen molar-refractivity contribution in [3.05, 3.63) is 0 Å². The van der Waals surface area contributed by atoms with Gasteiger partial charge in [-0.2, -0.15) is 27.0 Å². The second-order valence-electron chi connectivity index (χ2n) is 8.36. The maximum atomic E-state index is 12.8. The van der Waals surface area contributed by atoms with Crippen molar-refractivity contribution in [2.75, 3.05) is 0 Å². The van der Waals surface area contributed by atoms with Crippen LogP contribution in [0.1, 0.15) is 0 Å². The van der Waals surface area contributed by atoms with Gasteiger partial charge in [-0.25, -0.2) is 47.4 Å². The Balaban J connectivity index is -0.00000112. The molecule has 0 aliphatic heterocycles. The molecule has 0 heterocycles. The second kappa shape index (κ2) is 20.8. The molecule has 0 fully saturated rings. The molecule has 63 heavy (non-hydrogen) atoms. The van der Waals surface area contributed by atoms with E-state index in [0.29, 0.717) is 0 Å². The number of ether oxygens (including phenoxy) is 12. The molecule has 0 rings (SSSR count). The number of carbonyl (C=O) groups excluding carboxylic acids is 2. The Bertz CT molecular complexity index is 1380. The van der Waals surface area contributed by atoms with Crippen LogP contribution < -0.4 is 10.2 Å². The van der Waals surface area contributed by atoms with Gasteiger partial charge in [0.1, 0.15) is 11.9 Å². The summed E-state index contributed by atoms with van der Waals surface area (Å²) >= 11 is 0. The first-order valence-electron chi connectivity index (χ1n) is 11.9. The molecule has 0 aliphatic rings. The number of hydrogen-bond donors (Lipinski definition) is 0. The van der Waals surface area contributed by atoms with Gasteiger partial charge in [0.25, 0.3) is 0 Å². The van der Waals surface area contributed by atoms with Gasteiger partial charge < -0.3 is 19.8 Å². The van der Waals surface area contributed by atoms with Crippen molar-refractivity contribution in [2.24, 2.45) is 0 Å². The molecule has 0 aromatic carbocycles. The fraction of sp³-hybridized carbons (Fsp3) is 0.875. The number of carbonyl (C=O) groups is 2. The maximum absolute atomic E-state index is 12.8. The quantitative estimate of drug-likeness (QED) is 0.0711. The van der Waals surface area contributed by atoms with Crippen LogP contribution in [0.5, 0.6) is 0 Å². The average molecular weight is 1160 g/mol. The fourth-order valence-electron chi connectivity index (χ4n) is 1.97. The Hall–Kier alpha value is -2.07. The molecular formula is C16BaF30O16. The third-order valence-corrected chi connectivity index (χ3v) is 3.34. The summed E-state index contributed by atoms with van der Waals surface area (Å²) in [5, 5.41) is 19.4. The van der Waals surface area contributed by atoms with Crippen LogP contribution in [0.15, 0.2) is 0 Å². The zero-order chi connectivity index (χ0) is 50.6. The Morgan fingerprint density at radius 3 is 0.460 bits per heavy atom. The maximum Gasteiger partial charge on any atom is 2.00 e. The molecule has 0 N–H and O–H groups in total. The van der Waals surface area contributed by atoms with Crippen molar-refractivity contribution < 1.29 is 208 Å². The van der Waals surface area contributed by atoms with Crippen LogP contribution in [0.25, 0.3) is 0 Å². The zero-order valence-electron chi connectivity index (χ0n) is 26.6. The molecule has 0 amide bonds. The molecule has 0 bridgehead atoms. The third kappa shape index (κ3) is 30.0. The van der Waals surface area contributed by atoms with Crippen molar-refractivity contribution in [1.29, 1.82) is 0 Å². The van der Waals surface area contributed by atoms with Gasteiger partial charge in [0.05, 0.1) is 0 Å². The molecule has 16 nitrogen and oxygen atoms in total. The summed E-state index contributed by atoms with van der Waals surface area (Å²) < 4.78 is 391. The van der Waals surface area contributed by atoms with Gasteiger partial charge in [-0.05, 0) is 0 Å². The van der Waals surface area contributed by atoms with E-state index in [-0.39, 0.29) is 48.9 Å². The van der Waals surface area contributed by atoms with Gasteiger partial charge in [-0.15, -0.1) is 114 Å². The Morgan fingerprint density at radius 1 is 0.238 bits per heavy atom. The number of aliphatic carboxylic acids is 2. The Labute approximate surface area is 356 Å². The monoisotopic (exact) mass is 1160 g/mol. The number of hydrogen-bond acceptors (Lipinski definition) is 16. The van der Waals surface area contributed by atoms with Gasteiger partial charge in [-0.1, -0.05) is 0 Å². The first-order chi connectivity index (χ1) is 26.4. The fourth-order valence-corrected chi connectivity index (χ4v) is 1.97. The Kier molecular flexibility index (Phi) is 21.6. The summed E-state index contributed by atoms with van der Waals surface area (Å²) in [7, 11) is 0. The van der Waals surface area contributed by atoms with E-state index in [1.54, 1.807) is 47.4 Å².